The number of phenolic OH excluding ortho intramolecular Hbond substituents is 2. The summed E-state index contributed by atoms with van der Waals surface area (Å²) < 4.78 is 11.6. The van der Waals surface area contributed by atoms with Gasteiger partial charge in [0.2, 0.25) is 5.78 Å². The minimum Gasteiger partial charge on any atom is -0.507 e. The largest absolute Gasteiger partial charge is 0.507 e. The summed E-state index contributed by atoms with van der Waals surface area (Å²) in [5.74, 6) is -2.47. The molecule has 0 heterocycles. The smallest absolute Gasteiger partial charge is 0.202 e. The van der Waals surface area contributed by atoms with Crippen LogP contribution in [0.15, 0.2) is 23.2 Å². The standard InChI is InChI=1S/C30H38N2O9/c1-13(2)25(34)17(31)9-14(3)41-19-11-30(39,20(12-33)32-4)10-16-22(19)29(38)24-23(27(16)36)26(35)15-7-6-8-18(40-5)21(15)28(24)37/h6-8,13-14,17,19,25,33-34,36,38-39H,9-12,31H2,1-5H3/b32-20-/t14-,17-,19+,25-,30+/m1/s1. The van der Waals surface area contributed by atoms with Crippen molar-refractivity contribution >= 4 is 17.3 Å². The van der Waals surface area contributed by atoms with Gasteiger partial charge >= 0.3 is 0 Å². The second kappa shape index (κ2) is 11.5. The van der Waals surface area contributed by atoms with Gasteiger partial charge in [-0.15, -0.1) is 0 Å². The van der Waals surface area contributed by atoms with E-state index in [0.717, 1.165) is 0 Å². The van der Waals surface area contributed by atoms with E-state index >= 15 is 0 Å². The van der Waals surface area contributed by atoms with E-state index in [1.54, 1.807) is 13.0 Å². The number of rotatable bonds is 9. The molecular weight excluding hydrogens is 532 g/mol. The van der Waals surface area contributed by atoms with E-state index in [1.165, 1.54) is 26.3 Å². The number of aliphatic imine (C=N–C) groups is 1. The third-order valence-electron chi connectivity index (χ3n) is 8.16. The van der Waals surface area contributed by atoms with Crippen LogP contribution in [-0.2, 0) is 11.2 Å². The highest BCUT2D eigenvalue weighted by molar-refractivity contribution is 6.31. The van der Waals surface area contributed by atoms with Crippen LogP contribution >= 0.6 is 0 Å². The monoisotopic (exact) mass is 570 g/mol. The van der Waals surface area contributed by atoms with E-state index in [9.17, 15) is 35.1 Å². The molecule has 11 nitrogen and oxygen atoms in total. The number of ether oxygens (including phenoxy) is 2. The summed E-state index contributed by atoms with van der Waals surface area (Å²) in [6.45, 7) is 4.80. The van der Waals surface area contributed by atoms with Crippen molar-refractivity contribution in [1.82, 2.24) is 0 Å². The van der Waals surface area contributed by atoms with Crippen LogP contribution < -0.4 is 10.5 Å². The maximum Gasteiger partial charge on any atom is 0.202 e. The van der Waals surface area contributed by atoms with Crippen molar-refractivity contribution in [3.8, 4) is 17.2 Å². The lowest BCUT2D eigenvalue weighted by Gasteiger charge is -2.41. The lowest BCUT2D eigenvalue weighted by atomic mass is 9.71. The van der Waals surface area contributed by atoms with Crippen LogP contribution in [0.4, 0.5) is 0 Å². The van der Waals surface area contributed by atoms with Crippen LogP contribution in [-0.4, -0.2) is 87.4 Å². The number of carbonyl (C=O) groups is 2. The Morgan fingerprint density at radius 3 is 2.37 bits per heavy atom. The molecule has 2 aromatic rings. The highest BCUT2D eigenvalue weighted by Crippen LogP contribution is 2.52. The zero-order chi connectivity index (χ0) is 30.4. The Bertz CT molecular complexity index is 1400. The number of hydrogen-bond acceptors (Lipinski definition) is 11. The first-order valence-corrected chi connectivity index (χ1v) is 13.6. The molecule has 41 heavy (non-hydrogen) atoms. The zero-order valence-electron chi connectivity index (χ0n) is 23.8. The highest BCUT2D eigenvalue weighted by Gasteiger charge is 2.48. The Morgan fingerprint density at radius 1 is 1.12 bits per heavy atom. The summed E-state index contributed by atoms with van der Waals surface area (Å²) in [6.07, 6.45) is -2.79. The molecule has 0 radical (unpaired) electrons. The van der Waals surface area contributed by atoms with Crippen LogP contribution in [0.3, 0.4) is 0 Å². The molecule has 0 spiro atoms. The fourth-order valence-corrected chi connectivity index (χ4v) is 6.03. The zero-order valence-corrected chi connectivity index (χ0v) is 23.8. The predicted molar refractivity (Wildman–Crippen MR) is 150 cm³/mol. The van der Waals surface area contributed by atoms with Gasteiger partial charge in [0.1, 0.15) is 22.8 Å². The summed E-state index contributed by atoms with van der Waals surface area (Å²) in [5.41, 5.74) is 3.67. The SMILES string of the molecule is C/N=C(/CO)[C@]1(O)Cc2c(O)c3c(c(O)c2[C@@H](O[C@H](C)C[C@@H](N)[C@H](O)C(C)C)C1)C(=O)c1c(OC)cccc1C3=O. The average molecular weight is 571 g/mol. The van der Waals surface area contributed by atoms with Gasteiger partial charge in [-0.2, -0.15) is 0 Å². The molecule has 0 saturated carbocycles. The highest BCUT2D eigenvalue weighted by atomic mass is 16.5. The average Bonchev–Trinajstić information content (AvgIpc) is 2.92. The minimum atomic E-state index is -1.80. The third kappa shape index (κ3) is 5.13. The normalized spacial score (nSPS) is 22.6. The van der Waals surface area contributed by atoms with E-state index in [2.05, 4.69) is 4.99 Å². The van der Waals surface area contributed by atoms with Crippen LogP contribution in [0.25, 0.3) is 0 Å². The summed E-state index contributed by atoms with van der Waals surface area (Å²) in [5, 5.41) is 55.1. The Kier molecular flexibility index (Phi) is 8.58. The molecule has 0 amide bonds. The Labute approximate surface area is 238 Å². The fourth-order valence-electron chi connectivity index (χ4n) is 6.03. The lowest BCUT2D eigenvalue weighted by Crippen LogP contribution is -2.48. The quantitative estimate of drug-likeness (QED) is 0.163. The number of ketones is 2. The van der Waals surface area contributed by atoms with Crippen LogP contribution in [0.5, 0.6) is 17.2 Å². The number of aliphatic hydroxyl groups is 3. The third-order valence-corrected chi connectivity index (χ3v) is 8.16. The van der Waals surface area contributed by atoms with Gasteiger partial charge in [-0.3, -0.25) is 14.6 Å². The van der Waals surface area contributed by atoms with Crippen molar-refractivity contribution in [2.24, 2.45) is 16.6 Å². The molecule has 5 atom stereocenters. The van der Waals surface area contributed by atoms with Crippen molar-refractivity contribution < 1.29 is 44.6 Å². The van der Waals surface area contributed by atoms with Crippen molar-refractivity contribution in [2.75, 3.05) is 20.8 Å². The number of hydrogen-bond donors (Lipinski definition) is 6. The number of aliphatic hydroxyl groups excluding tert-OH is 2. The number of fused-ring (bicyclic) bond motifs is 3. The molecule has 0 bridgehead atoms. The van der Waals surface area contributed by atoms with Gasteiger partial charge in [0.25, 0.3) is 0 Å². The van der Waals surface area contributed by atoms with Crippen molar-refractivity contribution in [3.05, 3.63) is 51.6 Å². The molecule has 0 aromatic heterocycles. The summed E-state index contributed by atoms with van der Waals surface area (Å²) >= 11 is 0. The van der Waals surface area contributed by atoms with Crippen LogP contribution in [0, 0.1) is 5.92 Å². The van der Waals surface area contributed by atoms with Gasteiger partial charge in [0.15, 0.2) is 5.78 Å². The van der Waals surface area contributed by atoms with Crippen molar-refractivity contribution in [1.29, 1.82) is 0 Å². The molecule has 0 unspecified atom stereocenters. The summed E-state index contributed by atoms with van der Waals surface area (Å²) in [4.78, 5) is 31.4. The second-order valence-electron chi connectivity index (χ2n) is 11.2. The Balaban J connectivity index is 1.89. The minimum absolute atomic E-state index is 0.000750. The molecule has 0 saturated heterocycles. The first-order valence-electron chi connectivity index (χ1n) is 13.6. The fraction of sp³-hybridized carbons (Fsp3) is 0.500. The predicted octanol–water partition coefficient (Wildman–Crippen LogP) is 1.80. The second-order valence-corrected chi connectivity index (χ2v) is 11.2. The number of nitrogens with zero attached hydrogens (tertiary/aromatic N) is 1. The summed E-state index contributed by atoms with van der Waals surface area (Å²) in [6, 6.07) is 3.86. The number of methoxy groups -OCH3 is 1. The summed E-state index contributed by atoms with van der Waals surface area (Å²) in [7, 11) is 2.76. The van der Waals surface area contributed by atoms with Crippen molar-refractivity contribution in [3.63, 3.8) is 0 Å². The molecule has 0 fully saturated rings. The lowest BCUT2D eigenvalue weighted by molar-refractivity contribution is -0.0624. The topological polar surface area (TPSA) is 192 Å². The number of benzene rings is 2. The Hall–Kier alpha value is -3.35. The van der Waals surface area contributed by atoms with Crippen LogP contribution in [0.1, 0.15) is 82.7 Å². The van der Waals surface area contributed by atoms with E-state index in [0.29, 0.717) is 0 Å². The van der Waals surface area contributed by atoms with Gasteiger partial charge in [-0.25, -0.2) is 0 Å². The van der Waals surface area contributed by atoms with Gasteiger partial charge < -0.3 is 40.7 Å². The van der Waals surface area contributed by atoms with Gasteiger partial charge in [0.05, 0.1) is 54.4 Å². The molecular formula is C30H38N2O9. The number of carbonyl (C=O) groups excluding carboxylic acids is 2. The van der Waals surface area contributed by atoms with Crippen LogP contribution in [0.2, 0.25) is 0 Å². The number of nitrogens with two attached hydrogens (primary N) is 1. The van der Waals surface area contributed by atoms with Gasteiger partial charge in [-0.05, 0) is 25.3 Å². The molecule has 11 heteroatoms. The number of aromatic hydroxyl groups is 2. The van der Waals surface area contributed by atoms with E-state index in [-0.39, 0.29) is 70.0 Å². The van der Waals surface area contributed by atoms with Gasteiger partial charge in [0, 0.05) is 42.6 Å². The van der Waals surface area contributed by atoms with Gasteiger partial charge in [-0.1, -0.05) is 26.0 Å². The molecule has 0 aliphatic heterocycles. The molecule has 222 valence electrons. The molecule has 4 rings (SSSR count). The molecule has 7 N–H and O–H groups in total. The van der Waals surface area contributed by atoms with E-state index in [4.69, 9.17) is 15.2 Å². The van der Waals surface area contributed by atoms with E-state index in [1.807, 2.05) is 13.8 Å². The number of phenols is 2. The van der Waals surface area contributed by atoms with E-state index < -0.39 is 59.6 Å². The maximum atomic E-state index is 13.7. The maximum absolute atomic E-state index is 13.7. The molecule has 2 aromatic carbocycles. The first kappa shape index (κ1) is 30.6. The first-order chi connectivity index (χ1) is 19.3. The molecule has 2 aliphatic rings. The van der Waals surface area contributed by atoms with Crippen molar-refractivity contribution in [2.45, 2.75) is 70.0 Å². The Morgan fingerprint density at radius 2 is 1.78 bits per heavy atom. The molecule has 2 aliphatic carbocycles.